The molecule has 0 bridgehead atoms. The molecule has 0 saturated heterocycles. The molecule has 5 rings (SSSR count). The predicted molar refractivity (Wildman–Crippen MR) is 117 cm³/mol. The zero-order valence-electron chi connectivity index (χ0n) is 17.2. The minimum atomic E-state index is -0.505. The molecule has 1 N–H and O–H groups in total. The average Bonchev–Trinajstić information content (AvgIpc) is 3.57. The molecule has 32 heavy (non-hydrogen) atoms. The number of hydrogen-bond donors (Lipinski definition) is 1. The maximum atomic E-state index is 12.5. The van der Waals surface area contributed by atoms with Gasteiger partial charge in [0.2, 0.25) is 5.91 Å². The van der Waals surface area contributed by atoms with Gasteiger partial charge in [0.05, 0.1) is 4.92 Å². The number of nitro groups is 1. The number of nitrogens with one attached hydrogen (secondary N) is 1. The molecule has 8 nitrogen and oxygen atoms in total. The average molecular weight is 431 g/mol. The van der Waals surface area contributed by atoms with Gasteiger partial charge in [0, 0.05) is 59.9 Å². The van der Waals surface area contributed by atoms with E-state index in [0.717, 1.165) is 29.7 Å². The second-order valence-electron chi connectivity index (χ2n) is 8.18. The van der Waals surface area contributed by atoms with Crippen LogP contribution in [0, 0.1) is 16.0 Å². The lowest BCUT2D eigenvalue weighted by molar-refractivity contribution is -0.384. The summed E-state index contributed by atoms with van der Waals surface area (Å²) in [5.41, 5.74) is 2.70. The molecule has 1 aliphatic heterocycles. The van der Waals surface area contributed by atoms with Gasteiger partial charge in [-0.15, -0.1) is 0 Å². The lowest BCUT2D eigenvalue weighted by Gasteiger charge is -2.26. The largest absolute Gasteiger partial charge is 0.461 e. The first-order chi connectivity index (χ1) is 15.5. The van der Waals surface area contributed by atoms with Crippen molar-refractivity contribution < 1.29 is 18.9 Å². The molecule has 3 aromatic rings. The van der Waals surface area contributed by atoms with Crippen LogP contribution in [0.5, 0.6) is 0 Å². The van der Waals surface area contributed by atoms with E-state index in [4.69, 9.17) is 4.42 Å². The van der Waals surface area contributed by atoms with Gasteiger partial charge in [-0.05, 0) is 43.2 Å². The van der Waals surface area contributed by atoms with E-state index in [2.05, 4.69) is 5.32 Å². The van der Waals surface area contributed by atoms with E-state index >= 15 is 0 Å². The molecule has 2 aromatic carbocycles. The molecule has 1 saturated carbocycles. The fraction of sp³-hybridized carbons (Fsp3) is 0.250. The molecule has 162 valence electrons. The molecule has 1 fully saturated rings. The second kappa shape index (κ2) is 7.96. The van der Waals surface area contributed by atoms with Gasteiger partial charge in [0.25, 0.3) is 11.6 Å². The molecule has 0 radical (unpaired) electrons. The zero-order valence-corrected chi connectivity index (χ0v) is 17.2. The summed E-state index contributed by atoms with van der Waals surface area (Å²) in [5.74, 6) is 1.70. The van der Waals surface area contributed by atoms with Crippen molar-refractivity contribution in [2.24, 2.45) is 5.92 Å². The molecule has 0 spiro atoms. The summed E-state index contributed by atoms with van der Waals surface area (Å²) in [6.45, 7) is 1.26. The van der Waals surface area contributed by atoms with Crippen molar-refractivity contribution in [3.05, 3.63) is 81.6 Å². The number of carbonyl (C=O) groups is 2. The molecular formula is C24H21N3O5. The fourth-order valence-corrected chi connectivity index (χ4v) is 3.94. The number of fused-ring (bicyclic) bond motifs is 1. The van der Waals surface area contributed by atoms with Gasteiger partial charge in [0.1, 0.15) is 11.5 Å². The Morgan fingerprint density at radius 1 is 1.09 bits per heavy atom. The number of benzene rings is 2. The highest BCUT2D eigenvalue weighted by Gasteiger charge is 2.35. The molecular weight excluding hydrogens is 410 g/mol. The highest BCUT2D eigenvalue weighted by molar-refractivity contribution is 6.04. The van der Waals surface area contributed by atoms with E-state index < -0.39 is 4.92 Å². The van der Waals surface area contributed by atoms with Crippen LogP contribution in [0.25, 0.3) is 11.3 Å². The molecule has 8 heteroatoms. The van der Waals surface area contributed by atoms with Crippen LogP contribution in [0.4, 0.5) is 11.4 Å². The van der Waals surface area contributed by atoms with Crippen molar-refractivity contribution >= 4 is 23.2 Å². The Morgan fingerprint density at radius 3 is 2.59 bits per heavy atom. The van der Waals surface area contributed by atoms with E-state index in [-0.39, 0.29) is 23.4 Å². The first kappa shape index (κ1) is 20.0. The van der Waals surface area contributed by atoms with Crippen molar-refractivity contribution in [1.29, 1.82) is 0 Å². The molecule has 0 atom stereocenters. The van der Waals surface area contributed by atoms with Crippen molar-refractivity contribution in [1.82, 2.24) is 4.90 Å². The van der Waals surface area contributed by atoms with Crippen LogP contribution >= 0.6 is 0 Å². The number of nitro benzene ring substituents is 1. The van der Waals surface area contributed by atoms with Crippen LogP contribution in [0.15, 0.2) is 59.0 Å². The van der Waals surface area contributed by atoms with E-state index in [1.54, 1.807) is 6.07 Å². The Bertz CT molecular complexity index is 1210. The summed E-state index contributed by atoms with van der Waals surface area (Å²) < 4.78 is 6.06. The van der Waals surface area contributed by atoms with Gasteiger partial charge in [-0.1, -0.05) is 12.1 Å². The Balaban J connectivity index is 1.31. The second-order valence-corrected chi connectivity index (χ2v) is 8.18. The summed E-state index contributed by atoms with van der Waals surface area (Å²) in [7, 11) is 0. The van der Waals surface area contributed by atoms with E-state index in [1.807, 2.05) is 29.2 Å². The van der Waals surface area contributed by atoms with Gasteiger partial charge in [-0.2, -0.15) is 0 Å². The number of furan rings is 1. The lowest BCUT2D eigenvalue weighted by atomic mass is 10.1. The molecule has 0 unspecified atom stereocenters. The van der Waals surface area contributed by atoms with Crippen molar-refractivity contribution in [2.75, 3.05) is 11.9 Å². The quantitative estimate of drug-likeness (QED) is 0.476. The Morgan fingerprint density at radius 2 is 1.88 bits per heavy atom. The fourth-order valence-electron chi connectivity index (χ4n) is 3.94. The monoisotopic (exact) mass is 431 g/mol. The maximum Gasteiger partial charge on any atom is 0.269 e. The van der Waals surface area contributed by atoms with Gasteiger partial charge < -0.3 is 14.6 Å². The smallest absolute Gasteiger partial charge is 0.269 e. The van der Waals surface area contributed by atoms with E-state index in [1.165, 1.54) is 24.3 Å². The molecule has 2 heterocycles. The number of carbonyl (C=O) groups excluding carboxylic acids is 2. The van der Waals surface area contributed by atoms with Crippen LogP contribution in [0.2, 0.25) is 0 Å². The van der Waals surface area contributed by atoms with Crippen molar-refractivity contribution in [2.45, 2.75) is 25.8 Å². The lowest BCUT2D eigenvalue weighted by Crippen LogP contribution is -2.36. The molecule has 2 amide bonds. The van der Waals surface area contributed by atoms with Gasteiger partial charge in [-0.3, -0.25) is 19.7 Å². The zero-order chi connectivity index (χ0) is 22.2. The third-order valence-electron chi connectivity index (χ3n) is 5.85. The van der Waals surface area contributed by atoms with Crippen molar-refractivity contribution in [3.8, 4) is 11.3 Å². The Kier molecular flexibility index (Phi) is 4.97. The first-order valence-electron chi connectivity index (χ1n) is 10.5. The van der Waals surface area contributed by atoms with Gasteiger partial charge in [0.15, 0.2) is 0 Å². The highest BCUT2D eigenvalue weighted by atomic mass is 16.6. The highest BCUT2D eigenvalue weighted by Crippen LogP contribution is 2.35. The minimum absolute atomic E-state index is 0.0669. The summed E-state index contributed by atoms with van der Waals surface area (Å²) in [5, 5.41) is 13.6. The SMILES string of the molecule is O=C(Nc1cccc(-c2cc3c(o2)CCN(C(=O)C2CC2)C3)c1)c1ccc([N+](=O)[O-])cc1. The van der Waals surface area contributed by atoms with E-state index in [0.29, 0.717) is 36.5 Å². The number of anilines is 1. The summed E-state index contributed by atoms with van der Waals surface area (Å²) in [6, 6.07) is 14.7. The van der Waals surface area contributed by atoms with Crippen LogP contribution in [-0.2, 0) is 17.8 Å². The maximum absolute atomic E-state index is 12.5. The third-order valence-corrected chi connectivity index (χ3v) is 5.85. The predicted octanol–water partition coefficient (Wildman–Crippen LogP) is 4.40. The van der Waals surface area contributed by atoms with Gasteiger partial charge >= 0.3 is 0 Å². The third kappa shape index (κ3) is 3.99. The Labute approximate surface area is 184 Å². The van der Waals surface area contributed by atoms with Crippen LogP contribution in [-0.4, -0.2) is 28.2 Å². The molecule has 1 aliphatic carbocycles. The van der Waals surface area contributed by atoms with Gasteiger partial charge in [-0.25, -0.2) is 0 Å². The molecule has 1 aromatic heterocycles. The first-order valence-corrected chi connectivity index (χ1v) is 10.5. The topological polar surface area (TPSA) is 106 Å². The van der Waals surface area contributed by atoms with Crippen LogP contribution in [0.3, 0.4) is 0 Å². The van der Waals surface area contributed by atoms with E-state index in [9.17, 15) is 19.7 Å². The van der Waals surface area contributed by atoms with Crippen LogP contribution < -0.4 is 5.32 Å². The number of hydrogen-bond acceptors (Lipinski definition) is 5. The number of amides is 2. The summed E-state index contributed by atoms with van der Waals surface area (Å²) >= 11 is 0. The number of non-ortho nitro benzene ring substituents is 1. The molecule has 2 aliphatic rings. The number of nitrogens with zero attached hydrogens (tertiary/aromatic N) is 2. The summed E-state index contributed by atoms with van der Waals surface area (Å²) in [4.78, 5) is 37.1. The number of rotatable bonds is 5. The Hall–Kier alpha value is -3.94. The standard InChI is InChI=1S/C24H21N3O5/c28-23(15-6-8-20(9-7-15)27(30)31)25-19-3-1-2-17(12-19)22-13-18-14-26(11-10-21(18)32-22)24(29)16-4-5-16/h1-3,6-9,12-13,16H,4-5,10-11,14H2,(H,25,28). The van der Waals surface area contributed by atoms with Crippen LogP contribution in [0.1, 0.15) is 34.5 Å². The van der Waals surface area contributed by atoms with Crippen molar-refractivity contribution in [3.63, 3.8) is 0 Å². The normalized spacial score (nSPS) is 15.2. The summed E-state index contributed by atoms with van der Waals surface area (Å²) in [6.07, 6.45) is 2.69. The minimum Gasteiger partial charge on any atom is -0.461 e.